The van der Waals surface area contributed by atoms with Crippen LogP contribution in [0.25, 0.3) is 0 Å². The van der Waals surface area contributed by atoms with Crippen LogP contribution in [0.5, 0.6) is 23.0 Å². The van der Waals surface area contributed by atoms with Crippen LogP contribution in [0.4, 0.5) is 0 Å². The van der Waals surface area contributed by atoms with Gasteiger partial charge >= 0.3 is 0 Å². The van der Waals surface area contributed by atoms with E-state index < -0.39 is 0 Å². The summed E-state index contributed by atoms with van der Waals surface area (Å²) in [4.78, 5) is 0. The molecule has 0 heterocycles. The van der Waals surface area contributed by atoms with E-state index in [4.69, 9.17) is 0 Å². The van der Waals surface area contributed by atoms with Crippen molar-refractivity contribution in [3.63, 3.8) is 0 Å². The molecule has 0 saturated carbocycles. The SMILES string of the molecule is CC(C)(C)c1cc(Cc2cccc(CC(Cc3cccc(Cc4cc(C(C)(C)C)c(O)c(C(C)(C)C)c4)c3)(Cc3cccc(Cc4cc(C(C)(C)C)c(O)c(C(C)(C)C)c4)c3)Cc3cccc(Cc4cc(C(C)(C)C)c(O)c(C(C)(C)C)c4)c3)c2)cc(C(C)(C)C)c1O. The molecule has 0 amide bonds. The van der Waals surface area contributed by atoms with Crippen LogP contribution in [0.3, 0.4) is 0 Å². The fraction of sp³-hybridized carbons (Fsp3) is 0.461. The van der Waals surface area contributed by atoms with E-state index in [-0.39, 0.29) is 48.7 Å². The molecule has 4 nitrogen and oxygen atoms in total. The largest absolute Gasteiger partial charge is 0.507 e. The van der Waals surface area contributed by atoms with Gasteiger partial charge in [-0.3, -0.25) is 0 Å². The Kier molecular flexibility index (Phi) is 20.3. The minimum Gasteiger partial charge on any atom is -0.507 e. The molecular formula is C89H116O4. The minimum atomic E-state index is -0.349. The first kappa shape index (κ1) is 71.8. The maximum absolute atomic E-state index is 11.8. The van der Waals surface area contributed by atoms with Gasteiger partial charge in [0.25, 0.3) is 0 Å². The van der Waals surface area contributed by atoms with E-state index in [0.717, 1.165) is 95.9 Å². The van der Waals surface area contributed by atoms with E-state index in [0.29, 0.717) is 23.0 Å². The Morgan fingerprint density at radius 2 is 0.333 bits per heavy atom. The molecule has 0 radical (unpaired) electrons. The zero-order chi connectivity index (χ0) is 69.0. The monoisotopic (exact) mass is 1250 g/mol. The number of phenols is 4. The summed E-state index contributed by atoms with van der Waals surface area (Å²) in [7, 11) is 0. The van der Waals surface area contributed by atoms with Crippen LogP contribution in [-0.4, -0.2) is 20.4 Å². The lowest BCUT2D eigenvalue weighted by molar-refractivity contribution is 0.275. The number of hydrogen-bond donors (Lipinski definition) is 4. The fourth-order valence-electron chi connectivity index (χ4n) is 14.2. The van der Waals surface area contributed by atoms with E-state index in [1.54, 1.807) is 0 Å². The summed E-state index contributed by atoms with van der Waals surface area (Å²) in [6.07, 6.45) is 6.17. The molecule has 8 aromatic carbocycles. The van der Waals surface area contributed by atoms with Crippen molar-refractivity contribution in [2.75, 3.05) is 0 Å². The number of rotatable bonds is 16. The summed E-state index contributed by atoms with van der Waals surface area (Å²) in [5, 5.41) is 47.2. The van der Waals surface area contributed by atoms with Gasteiger partial charge in [0.2, 0.25) is 0 Å². The lowest BCUT2D eigenvalue weighted by Crippen LogP contribution is -2.32. The van der Waals surface area contributed by atoms with Gasteiger partial charge in [0.15, 0.2) is 0 Å². The normalized spacial score (nSPS) is 13.2. The summed E-state index contributed by atoms with van der Waals surface area (Å²) in [5.41, 5.74) is 20.4. The van der Waals surface area contributed by atoms with Crippen molar-refractivity contribution in [3.8, 4) is 23.0 Å². The fourth-order valence-corrected chi connectivity index (χ4v) is 14.2. The highest BCUT2D eigenvalue weighted by Crippen LogP contribution is 2.46. The molecule has 0 unspecified atom stereocenters. The Morgan fingerprint density at radius 1 is 0.194 bits per heavy atom. The van der Waals surface area contributed by atoms with Crippen molar-refractivity contribution in [1.82, 2.24) is 0 Å². The number of aromatic hydroxyl groups is 4. The van der Waals surface area contributed by atoms with Crippen molar-refractivity contribution in [2.45, 2.75) is 261 Å². The Labute approximate surface area is 563 Å². The molecule has 0 bridgehead atoms. The Bertz CT molecular complexity index is 3310. The van der Waals surface area contributed by atoms with E-state index in [1.165, 1.54) is 66.8 Å². The molecule has 8 rings (SSSR count). The van der Waals surface area contributed by atoms with Crippen LogP contribution in [0.2, 0.25) is 0 Å². The standard InChI is InChI=1S/C89H116O4/c1-81(2,3)69-45-65(46-70(77(69)90)82(4,5)6)41-57-29-25-33-61(37-57)53-89(54-62-34-26-30-58(38-62)42-66-47-71(83(7,8)9)78(91)72(48-66)84(10,11)12,55-63-35-27-31-59(39-63)43-67-49-73(85(13,14)15)79(92)74(50-67)86(16,17)18)56-64-36-28-32-60(40-64)44-68-51-75(87(19,20)21)80(93)76(52-68)88(22,23)24/h25-40,45-52,90-93H,41-44,53-56H2,1-24H3. The average Bonchev–Trinajstić information content (AvgIpc) is 0.806. The minimum absolute atomic E-state index is 0.244. The first-order chi connectivity index (χ1) is 42.7. The second kappa shape index (κ2) is 26.3. The van der Waals surface area contributed by atoms with Crippen molar-refractivity contribution >= 4 is 0 Å². The third-order valence-electron chi connectivity index (χ3n) is 19.1. The summed E-state index contributed by atoms with van der Waals surface area (Å²) >= 11 is 0. The summed E-state index contributed by atoms with van der Waals surface area (Å²) < 4.78 is 0. The number of benzene rings is 8. The van der Waals surface area contributed by atoms with Gasteiger partial charge in [-0.15, -0.1) is 0 Å². The number of phenolic OH excluding ortho intramolecular Hbond substituents is 4. The first-order valence-corrected chi connectivity index (χ1v) is 34.5. The van der Waals surface area contributed by atoms with Crippen LogP contribution in [0.15, 0.2) is 146 Å². The highest BCUT2D eigenvalue weighted by Gasteiger charge is 2.35. The van der Waals surface area contributed by atoms with Crippen LogP contribution < -0.4 is 0 Å². The second-order valence-electron chi connectivity index (χ2n) is 36.4. The predicted octanol–water partition coefficient (Wildman–Crippen LogP) is 22.5. The molecule has 496 valence electrons. The molecule has 0 aliphatic heterocycles. The molecule has 93 heavy (non-hydrogen) atoms. The van der Waals surface area contributed by atoms with Crippen molar-refractivity contribution < 1.29 is 20.4 Å². The van der Waals surface area contributed by atoms with E-state index >= 15 is 0 Å². The summed E-state index contributed by atoms with van der Waals surface area (Å²) in [5.74, 6) is 1.62. The molecule has 4 N–H and O–H groups in total. The molecule has 0 aliphatic rings. The summed E-state index contributed by atoms with van der Waals surface area (Å²) in [6, 6.07) is 55.2. The van der Waals surface area contributed by atoms with Crippen molar-refractivity contribution in [3.05, 3.63) is 257 Å². The lowest BCUT2D eigenvalue weighted by atomic mass is 9.68. The molecule has 8 aromatic rings. The Balaban J connectivity index is 1.32. The Hall–Kier alpha value is -7.04. The van der Waals surface area contributed by atoms with E-state index in [2.05, 4.69) is 312 Å². The maximum atomic E-state index is 11.8. The van der Waals surface area contributed by atoms with Gasteiger partial charge in [-0.1, -0.05) is 312 Å². The molecule has 0 atom stereocenters. The molecule has 0 fully saturated rings. The molecule has 0 aromatic heterocycles. The van der Waals surface area contributed by atoms with Gasteiger partial charge in [0, 0.05) is 0 Å². The van der Waals surface area contributed by atoms with E-state index in [9.17, 15) is 20.4 Å². The maximum Gasteiger partial charge on any atom is 0.123 e. The third-order valence-corrected chi connectivity index (χ3v) is 19.1. The topological polar surface area (TPSA) is 80.9 Å². The van der Waals surface area contributed by atoms with Gasteiger partial charge in [0.1, 0.15) is 23.0 Å². The lowest BCUT2D eigenvalue weighted by Gasteiger charge is -2.36. The smallest absolute Gasteiger partial charge is 0.123 e. The van der Waals surface area contributed by atoms with Gasteiger partial charge < -0.3 is 20.4 Å². The van der Waals surface area contributed by atoms with Gasteiger partial charge in [0.05, 0.1) is 0 Å². The zero-order valence-electron chi connectivity index (χ0n) is 61.8. The quantitative estimate of drug-likeness (QED) is 0.0777. The van der Waals surface area contributed by atoms with Gasteiger partial charge in [-0.05, 0) is 211 Å². The highest BCUT2D eigenvalue weighted by molar-refractivity contribution is 5.55. The molecule has 4 heteroatoms. The average molecular weight is 1250 g/mol. The van der Waals surface area contributed by atoms with Crippen molar-refractivity contribution in [1.29, 1.82) is 0 Å². The summed E-state index contributed by atoms with van der Waals surface area (Å²) in [6.45, 7) is 52.6. The van der Waals surface area contributed by atoms with Gasteiger partial charge in [-0.2, -0.15) is 0 Å². The molecule has 0 saturated heterocycles. The van der Waals surface area contributed by atoms with Crippen LogP contribution in [0.1, 0.15) is 277 Å². The predicted molar refractivity (Wildman–Crippen MR) is 396 cm³/mol. The highest BCUT2D eigenvalue weighted by atomic mass is 16.3. The second-order valence-corrected chi connectivity index (χ2v) is 36.4. The van der Waals surface area contributed by atoms with Crippen LogP contribution >= 0.6 is 0 Å². The molecule has 0 aliphatic carbocycles. The zero-order valence-corrected chi connectivity index (χ0v) is 61.8. The Morgan fingerprint density at radius 3 is 0.473 bits per heavy atom. The molecule has 0 spiro atoms. The van der Waals surface area contributed by atoms with Gasteiger partial charge in [-0.25, -0.2) is 0 Å². The molecular weight excluding hydrogens is 1130 g/mol. The van der Waals surface area contributed by atoms with E-state index in [1.807, 2.05) is 0 Å². The van der Waals surface area contributed by atoms with Crippen LogP contribution in [-0.2, 0) is 94.7 Å². The van der Waals surface area contributed by atoms with Crippen LogP contribution in [0, 0.1) is 5.41 Å². The third kappa shape index (κ3) is 17.9. The van der Waals surface area contributed by atoms with Crippen molar-refractivity contribution in [2.24, 2.45) is 5.41 Å². The number of hydrogen-bond acceptors (Lipinski definition) is 4. The first-order valence-electron chi connectivity index (χ1n) is 34.5.